The molecule has 0 fully saturated rings. The Morgan fingerprint density at radius 3 is 2.44 bits per heavy atom. The molecule has 0 bridgehead atoms. The number of nitrogens with zero attached hydrogens (tertiary/aromatic N) is 2. The van der Waals surface area contributed by atoms with Gasteiger partial charge in [-0.05, 0) is 0 Å². The summed E-state index contributed by atoms with van der Waals surface area (Å²) in [4.78, 5) is 34.3. The second kappa shape index (κ2) is 4.99. The van der Waals surface area contributed by atoms with Crippen LogP contribution < -0.4 is 5.32 Å². The topological polar surface area (TPSA) is 142 Å². The molecule has 0 aliphatic carbocycles. The van der Waals surface area contributed by atoms with Crippen molar-refractivity contribution in [3.8, 4) is 0 Å². The van der Waals surface area contributed by atoms with Crippen molar-refractivity contribution < 1.29 is 28.8 Å². The molecule has 1 heterocycles. The fourth-order valence-corrected chi connectivity index (χ4v) is 1.04. The first-order valence-corrected chi connectivity index (χ1v) is 5.41. The number of hydrogen-bond acceptors (Lipinski definition) is 5. The summed E-state index contributed by atoms with van der Waals surface area (Å²) in [6.45, 7) is -0.461. The molecule has 1 aromatic rings. The Labute approximate surface area is 89.4 Å². The average molecular weight is 249 g/mol. The van der Waals surface area contributed by atoms with E-state index in [0.29, 0.717) is 0 Å². The number of rotatable bonds is 4. The minimum atomic E-state index is -4.56. The monoisotopic (exact) mass is 249 g/mol. The Morgan fingerprint density at radius 1 is 1.44 bits per heavy atom. The number of anilines is 1. The maximum atomic E-state index is 10.3. The van der Waals surface area contributed by atoms with Crippen LogP contribution in [-0.2, 0) is 15.7 Å². The third kappa shape index (κ3) is 4.80. The largest absolute Gasteiger partial charge is 0.470 e. The van der Waals surface area contributed by atoms with Gasteiger partial charge < -0.3 is 14.9 Å². The summed E-state index contributed by atoms with van der Waals surface area (Å²) in [7, 11) is -4.56. The smallest absolute Gasteiger partial charge is 0.465 e. The van der Waals surface area contributed by atoms with Crippen LogP contribution in [-0.4, -0.2) is 31.0 Å². The van der Waals surface area contributed by atoms with Crippen molar-refractivity contribution in [3.05, 3.63) is 18.2 Å². The standard InChI is InChI=1S/C6H8N3O6P/c10-6(11)9-4-1-7-5(8-2-4)3-15-16(12,13)14/h1-2,9H,3H2,(H,10,11)(H2,12,13,14). The molecule has 16 heavy (non-hydrogen) atoms. The Balaban J connectivity index is 2.58. The molecule has 0 saturated heterocycles. The van der Waals surface area contributed by atoms with Crippen molar-refractivity contribution in [2.24, 2.45) is 0 Å². The van der Waals surface area contributed by atoms with Crippen molar-refractivity contribution in [3.63, 3.8) is 0 Å². The Kier molecular flexibility index (Phi) is 3.91. The molecule has 0 radical (unpaired) electrons. The van der Waals surface area contributed by atoms with E-state index >= 15 is 0 Å². The number of hydrogen-bond donors (Lipinski definition) is 4. The summed E-state index contributed by atoms with van der Waals surface area (Å²) in [6, 6.07) is 0. The predicted octanol–water partition coefficient (Wildman–Crippen LogP) is 0.176. The molecule has 0 atom stereocenters. The molecular formula is C6H8N3O6P. The summed E-state index contributed by atoms with van der Waals surface area (Å²) in [5.74, 6) is 0.0271. The molecule has 0 aliphatic heterocycles. The second-order valence-corrected chi connectivity index (χ2v) is 3.82. The molecule has 4 N–H and O–H groups in total. The number of aromatic nitrogens is 2. The zero-order valence-electron chi connectivity index (χ0n) is 7.77. The molecule has 1 amide bonds. The van der Waals surface area contributed by atoms with Crippen LogP contribution in [0.4, 0.5) is 10.5 Å². The Morgan fingerprint density at radius 2 is 2.00 bits per heavy atom. The summed E-state index contributed by atoms with van der Waals surface area (Å²) < 4.78 is 14.5. The fourth-order valence-electron chi connectivity index (χ4n) is 0.759. The molecule has 0 spiro atoms. The number of nitrogens with one attached hydrogen (secondary N) is 1. The van der Waals surface area contributed by atoms with Gasteiger partial charge in [-0.15, -0.1) is 0 Å². The van der Waals surface area contributed by atoms with E-state index in [1.54, 1.807) is 0 Å². The van der Waals surface area contributed by atoms with Crippen LogP contribution in [0.15, 0.2) is 12.4 Å². The average Bonchev–Trinajstić information content (AvgIpc) is 2.14. The summed E-state index contributed by atoms with van der Waals surface area (Å²) in [5.41, 5.74) is 0.146. The molecule has 0 aromatic carbocycles. The van der Waals surface area contributed by atoms with Gasteiger partial charge in [-0.1, -0.05) is 0 Å². The maximum Gasteiger partial charge on any atom is 0.470 e. The summed E-state index contributed by atoms with van der Waals surface area (Å²) in [5, 5.41) is 10.4. The third-order valence-electron chi connectivity index (χ3n) is 1.32. The molecule has 1 rings (SSSR count). The first kappa shape index (κ1) is 12.5. The number of phosphoric acid groups is 1. The van der Waals surface area contributed by atoms with Gasteiger partial charge in [-0.3, -0.25) is 9.84 Å². The van der Waals surface area contributed by atoms with E-state index in [2.05, 4.69) is 14.5 Å². The Hall–Kier alpha value is -1.54. The van der Waals surface area contributed by atoms with Gasteiger partial charge in [0.15, 0.2) is 5.82 Å². The van der Waals surface area contributed by atoms with Crippen LogP contribution >= 0.6 is 7.82 Å². The second-order valence-electron chi connectivity index (χ2n) is 2.58. The lowest BCUT2D eigenvalue weighted by molar-refractivity contribution is 0.184. The highest BCUT2D eigenvalue weighted by Crippen LogP contribution is 2.36. The van der Waals surface area contributed by atoms with Gasteiger partial charge in [-0.2, -0.15) is 0 Å². The molecule has 88 valence electrons. The maximum absolute atomic E-state index is 10.3. The van der Waals surface area contributed by atoms with E-state index in [-0.39, 0.29) is 11.5 Å². The van der Waals surface area contributed by atoms with Gasteiger partial charge in [0.05, 0.1) is 18.1 Å². The lowest BCUT2D eigenvalue weighted by Crippen LogP contribution is -2.08. The minimum absolute atomic E-state index is 0.0271. The number of phosphoric ester groups is 1. The first-order chi connectivity index (χ1) is 7.37. The molecule has 10 heteroatoms. The van der Waals surface area contributed by atoms with Gasteiger partial charge in [0.2, 0.25) is 0 Å². The highest BCUT2D eigenvalue weighted by molar-refractivity contribution is 7.46. The Bertz CT molecular complexity index is 415. The van der Waals surface area contributed by atoms with Gasteiger partial charge in [0, 0.05) is 0 Å². The van der Waals surface area contributed by atoms with E-state index in [1.807, 2.05) is 5.32 Å². The van der Waals surface area contributed by atoms with Crippen LogP contribution in [0.25, 0.3) is 0 Å². The predicted molar refractivity (Wildman–Crippen MR) is 50.5 cm³/mol. The summed E-state index contributed by atoms with van der Waals surface area (Å²) >= 11 is 0. The van der Waals surface area contributed by atoms with E-state index in [9.17, 15) is 9.36 Å². The van der Waals surface area contributed by atoms with Crippen LogP contribution in [0, 0.1) is 0 Å². The molecular weight excluding hydrogens is 241 g/mol. The normalized spacial score (nSPS) is 11.1. The van der Waals surface area contributed by atoms with Crippen molar-refractivity contribution in [2.45, 2.75) is 6.61 Å². The minimum Gasteiger partial charge on any atom is -0.465 e. The lowest BCUT2D eigenvalue weighted by Gasteiger charge is -2.04. The SMILES string of the molecule is O=C(O)Nc1cnc(COP(=O)(O)O)nc1. The summed E-state index contributed by atoms with van der Waals surface area (Å²) in [6.07, 6.45) is 1.04. The van der Waals surface area contributed by atoms with Crippen molar-refractivity contribution in [2.75, 3.05) is 5.32 Å². The number of amides is 1. The molecule has 0 aliphatic rings. The van der Waals surface area contributed by atoms with E-state index in [0.717, 1.165) is 12.4 Å². The van der Waals surface area contributed by atoms with Crippen molar-refractivity contribution >= 4 is 19.6 Å². The van der Waals surface area contributed by atoms with Crippen molar-refractivity contribution in [1.29, 1.82) is 0 Å². The molecule has 9 nitrogen and oxygen atoms in total. The zero-order valence-corrected chi connectivity index (χ0v) is 8.66. The number of carbonyl (C=O) groups is 1. The van der Waals surface area contributed by atoms with Gasteiger partial charge >= 0.3 is 13.9 Å². The van der Waals surface area contributed by atoms with Gasteiger partial charge in [0.25, 0.3) is 0 Å². The third-order valence-corrected chi connectivity index (χ3v) is 1.78. The fraction of sp³-hybridized carbons (Fsp3) is 0.167. The first-order valence-electron chi connectivity index (χ1n) is 3.88. The highest BCUT2D eigenvalue weighted by atomic mass is 31.2. The van der Waals surface area contributed by atoms with E-state index < -0.39 is 20.5 Å². The molecule has 0 saturated carbocycles. The lowest BCUT2D eigenvalue weighted by atomic mass is 10.5. The van der Waals surface area contributed by atoms with Crippen LogP contribution in [0.1, 0.15) is 5.82 Å². The number of carboxylic acid groups (broad SMARTS) is 1. The zero-order chi connectivity index (χ0) is 12.2. The quantitative estimate of drug-likeness (QED) is 0.553. The molecule has 1 aromatic heterocycles. The van der Waals surface area contributed by atoms with Gasteiger partial charge in [-0.25, -0.2) is 19.3 Å². The van der Waals surface area contributed by atoms with Crippen molar-refractivity contribution in [1.82, 2.24) is 9.97 Å². The van der Waals surface area contributed by atoms with Gasteiger partial charge in [0.1, 0.15) is 6.61 Å². The highest BCUT2D eigenvalue weighted by Gasteiger charge is 2.14. The van der Waals surface area contributed by atoms with E-state index in [1.165, 1.54) is 0 Å². The van der Waals surface area contributed by atoms with Crippen LogP contribution in [0.5, 0.6) is 0 Å². The van der Waals surface area contributed by atoms with Crippen LogP contribution in [0.2, 0.25) is 0 Å². The van der Waals surface area contributed by atoms with Crippen LogP contribution in [0.3, 0.4) is 0 Å². The molecule has 0 unspecified atom stereocenters. The van der Waals surface area contributed by atoms with E-state index in [4.69, 9.17) is 14.9 Å².